The topological polar surface area (TPSA) is 15.3 Å². The second-order valence-corrected chi connectivity index (χ2v) is 8.42. The van der Waals surface area contributed by atoms with E-state index >= 15 is 0 Å². The van der Waals surface area contributed by atoms with Gasteiger partial charge in [0.25, 0.3) is 0 Å². The Morgan fingerprint density at radius 2 is 1.96 bits per heavy atom. The predicted molar refractivity (Wildman–Crippen MR) is 109 cm³/mol. The zero-order valence-corrected chi connectivity index (χ0v) is 16.7. The van der Waals surface area contributed by atoms with Crippen LogP contribution in [-0.2, 0) is 0 Å². The fourth-order valence-corrected chi connectivity index (χ4v) is 4.65. The van der Waals surface area contributed by atoms with Crippen molar-refractivity contribution in [3.63, 3.8) is 0 Å². The van der Waals surface area contributed by atoms with Gasteiger partial charge in [-0.05, 0) is 70.2 Å². The Morgan fingerprint density at radius 1 is 1.15 bits per heavy atom. The van der Waals surface area contributed by atoms with Crippen molar-refractivity contribution in [2.45, 2.75) is 64.3 Å². The first-order valence-electron chi connectivity index (χ1n) is 10.7. The molecular formula is C23H34F2N2. The van der Waals surface area contributed by atoms with E-state index in [-0.39, 0.29) is 0 Å². The highest BCUT2D eigenvalue weighted by Crippen LogP contribution is 2.28. The Bertz CT molecular complexity index is 623. The molecule has 1 saturated carbocycles. The zero-order valence-electron chi connectivity index (χ0n) is 16.7. The van der Waals surface area contributed by atoms with E-state index in [1.807, 2.05) is 6.92 Å². The number of benzene rings is 1. The van der Waals surface area contributed by atoms with Crippen molar-refractivity contribution < 1.29 is 8.78 Å². The lowest BCUT2D eigenvalue weighted by molar-refractivity contribution is 0.181. The molecule has 0 aromatic heterocycles. The van der Waals surface area contributed by atoms with Gasteiger partial charge in [-0.2, -0.15) is 0 Å². The summed E-state index contributed by atoms with van der Waals surface area (Å²) in [7, 11) is 0. The molecule has 27 heavy (non-hydrogen) atoms. The molecule has 150 valence electrons. The van der Waals surface area contributed by atoms with E-state index < -0.39 is 11.6 Å². The maximum atomic E-state index is 13.7. The largest absolute Gasteiger partial charge is 0.313 e. The summed E-state index contributed by atoms with van der Waals surface area (Å²) in [6.45, 7) is 6.28. The first-order chi connectivity index (χ1) is 13.1. The van der Waals surface area contributed by atoms with Crippen molar-refractivity contribution in [1.82, 2.24) is 10.2 Å². The van der Waals surface area contributed by atoms with E-state index in [1.54, 1.807) is 6.08 Å². The summed E-state index contributed by atoms with van der Waals surface area (Å²) in [5.41, 5.74) is 1.51. The molecule has 1 saturated heterocycles. The Kier molecular flexibility index (Phi) is 7.83. The average molecular weight is 377 g/mol. The minimum absolute atomic E-state index is 0.449. The number of halogens is 2. The van der Waals surface area contributed by atoms with Gasteiger partial charge in [0.2, 0.25) is 0 Å². The summed E-state index contributed by atoms with van der Waals surface area (Å²) in [5, 5.41) is 3.50. The van der Waals surface area contributed by atoms with Crippen LogP contribution in [-0.4, -0.2) is 37.1 Å². The molecule has 1 unspecified atom stereocenters. The van der Waals surface area contributed by atoms with Gasteiger partial charge in [-0.15, -0.1) is 0 Å². The van der Waals surface area contributed by atoms with Gasteiger partial charge in [-0.3, -0.25) is 0 Å². The average Bonchev–Trinajstić information content (AvgIpc) is 3.09. The number of nitrogens with zero attached hydrogens (tertiary/aromatic N) is 1. The van der Waals surface area contributed by atoms with Crippen molar-refractivity contribution in [2.75, 3.05) is 26.2 Å². The number of hydrogen-bond acceptors (Lipinski definition) is 2. The molecule has 1 aromatic carbocycles. The summed E-state index contributed by atoms with van der Waals surface area (Å²) in [6.07, 6.45) is 12.8. The molecule has 1 aliphatic heterocycles. The molecule has 1 atom stereocenters. The SMILES string of the molecule is C/C(=C\c1ccc(F)cc1F)CNCCC1CCCN1CC1CCCCC1. The van der Waals surface area contributed by atoms with Gasteiger partial charge < -0.3 is 10.2 Å². The maximum Gasteiger partial charge on any atom is 0.133 e. The van der Waals surface area contributed by atoms with E-state index in [0.29, 0.717) is 5.56 Å². The zero-order chi connectivity index (χ0) is 19.1. The molecule has 2 fully saturated rings. The van der Waals surface area contributed by atoms with Gasteiger partial charge in [0.05, 0.1) is 0 Å². The highest BCUT2D eigenvalue weighted by molar-refractivity contribution is 5.53. The van der Waals surface area contributed by atoms with Crippen LogP contribution in [0, 0.1) is 17.6 Å². The summed E-state index contributed by atoms with van der Waals surface area (Å²) in [6, 6.07) is 4.46. The van der Waals surface area contributed by atoms with E-state index in [1.165, 1.54) is 76.6 Å². The molecule has 3 rings (SSSR count). The second-order valence-electron chi connectivity index (χ2n) is 8.42. The van der Waals surface area contributed by atoms with Crippen LogP contribution < -0.4 is 5.32 Å². The number of rotatable bonds is 8. The molecule has 1 N–H and O–H groups in total. The Balaban J connectivity index is 1.39. The lowest BCUT2D eigenvalue weighted by Gasteiger charge is -2.31. The van der Waals surface area contributed by atoms with Crippen LogP contribution >= 0.6 is 0 Å². The fourth-order valence-electron chi connectivity index (χ4n) is 4.65. The Labute approximate surface area is 163 Å². The van der Waals surface area contributed by atoms with Gasteiger partial charge in [-0.25, -0.2) is 8.78 Å². The van der Waals surface area contributed by atoms with Gasteiger partial charge in [0.15, 0.2) is 0 Å². The van der Waals surface area contributed by atoms with Gasteiger partial charge in [-0.1, -0.05) is 30.9 Å². The monoisotopic (exact) mass is 376 g/mol. The fraction of sp³-hybridized carbons (Fsp3) is 0.652. The van der Waals surface area contributed by atoms with E-state index in [2.05, 4.69) is 10.2 Å². The van der Waals surface area contributed by atoms with Gasteiger partial charge in [0.1, 0.15) is 11.6 Å². The molecule has 1 aromatic rings. The molecular weight excluding hydrogens is 342 g/mol. The lowest BCUT2D eigenvalue weighted by atomic mass is 9.89. The number of nitrogens with one attached hydrogen (secondary N) is 1. The molecule has 0 amide bonds. The minimum Gasteiger partial charge on any atom is -0.313 e. The second kappa shape index (κ2) is 10.3. The third-order valence-corrected chi connectivity index (χ3v) is 6.14. The molecule has 0 spiro atoms. The highest BCUT2D eigenvalue weighted by Gasteiger charge is 2.26. The van der Waals surface area contributed by atoms with Gasteiger partial charge in [0, 0.05) is 30.8 Å². The van der Waals surface area contributed by atoms with Crippen LogP contribution in [0.15, 0.2) is 23.8 Å². The molecule has 4 heteroatoms. The normalized spacial score (nSPS) is 22.5. The lowest BCUT2D eigenvalue weighted by Crippen LogP contribution is -2.36. The van der Waals surface area contributed by atoms with Crippen LogP contribution in [0.1, 0.15) is 63.9 Å². The standard InChI is InChI=1S/C23H34F2N2/c1-18(14-20-9-10-21(24)15-23(20)25)16-26-12-11-22-8-5-13-27(22)17-19-6-3-2-4-7-19/h9-10,14-15,19,22,26H,2-8,11-13,16-17H2,1H3/b18-14+. The molecule has 0 bridgehead atoms. The molecule has 1 heterocycles. The van der Waals surface area contributed by atoms with E-state index in [0.717, 1.165) is 36.7 Å². The van der Waals surface area contributed by atoms with Crippen LogP contribution in [0.3, 0.4) is 0 Å². The van der Waals surface area contributed by atoms with Crippen molar-refractivity contribution in [2.24, 2.45) is 5.92 Å². The summed E-state index contributed by atoms with van der Waals surface area (Å²) < 4.78 is 26.7. The maximum absolute atomic E-state index is 13.7. The van der Waals surface area contributed by atoms with E-state index in [4.69, 9.17) is 0 Å². The molecule has 2 nitrogen and oxygen atoms in total. The summed E-state index contributed by atoms with van der Waals surface area (Å²) >= 11 is 0. The first-order valence-corrected chi connectivity index (χ1v) is 10.7. The smallest absolute Gasteiger partial charge is 0.133 e. The van der Waals surface area contributed by atoms with Crippen molar-refractivity contribution in [3.8, 4) is 0 Å². The summed E-state index contributed by atoms with van der Waals surface area (Å²) in [5.74, 6) is -0.114. The van der Waals surface area contributed by atoms with Crippen LogP contribution in [0.5, 0.6) is 0 Å². The van der Waals surface area contributed by atoms with Crippen LogP contribution in [0.25, 0.3) is 6.08 Å². The first kappa shape index (κ1) is 20.5. The Hall–Kier alpha value is -1.26. The number of likely N-dealkylation sites (tertiary alicyclic amines) is 1. The van der Waals surface area contributed by atoms with Crippen LogP contribution in [0.4, 0.5) is 8.78 Å². The third kappa shape index (κ3) is 6.39. The molecule has 1 aliphatic carbocycles. The van der Waals surface area contributed by atoms with Gasteiger partial charge >= 0.3 is 0 Å². The highest BCUT2D eigenvalue weighted by atomic mass is 19.1. The van der Waals surface area contributed by atoms with Crippen molar-refractivity contribution >= 4 is 6.08 Å². The quantitative estimate of drug-likeness (QED) is 0.612. The van der Waals surface area contributed by atoms with Crippen molar-refractivity contribution in [3.05, 3.63) is 41.0 Å². The number of hydrogen-bond donors (Lipinski definition) is 1. The predicted octanol–water partition coefficient (Wildman–Crippen LogP) is 5.39. The van der Waals surface area contributed by atoms with E-state index in [9.17, 15) is 8.78 Å². The summed E-state index contributed by atoms with van der Waals surface area (Å²) in [4.78, 5) is 2.73. The minimum atomic E-state index is -0.533. The molecule has 0 radical (unpaired) electrons. The van der Waals surface area contributed by atoms with Crippen LogP contribution in [0.2, 0.25) is 0 Å². The third-order valence-electron chi connectivity index (χ3n) is 6.14. The molecule has 2 aliphatic rings. The Morgan fingerprint density at radius 3 is 2.74 bits per heavy atom. The van der Waals surface area contributed by atoms with Crippen molar-refractivity contribution in [1.29, 1.82) is 0 Å².